The standard InChI is InChI=1S/C25H14Cl2F3N3O6/c1-38-24(35)14-2-5-17(6-3-14)32-23(34)15(12-31)8-13-9-18(26)22(19(27)10-13)39-21-7-4-16(25(28,29)30)11-20(21)33(36)37/h2-11H,1H3,(H,32,34)/b15-8+. The maximum Gasteiger partial charge on any atom is 0.416 e. The first-order valence-corrected chi connectivity index (χ1v) is 11.2. The molecule has 3 aromatic rings. The lowest BCUT2D eigenvalue weighted by Crippen LogP contribution is -2.13. The Morgan fingerprint density at radius 1 is 1.08 bits per heavy atom. The third kappa shape index (κ3) is 7.04. The van der Waals surface area contributed by atoms with Crippen LogP contribution >= 0.6 is 23.2 Å². The van der Waals surface area contributed by atoms with Gasteiger partial charge in [0, 0.05) is 11.8 Å². The smallest absolute Gasteiger partial charge is 0.416 e. The molecule has 0 heterocycles. The molecule has 0 aromatic heterocycles. The maximum atomic E-state index is 13.0. The number of ether oxygens (including phenoxy) is 2. The molecule has 0 saturated carbocycles. The first kappa shape index (κ1) is 29.0. The molecule has 0 spiro atoms. The van der Waals surface area contributed by atoms with Crippen molar-refractivity contribution in [1.82, 2.24) is 0 Å². The molecule has 0 aliphatic carbocycles. The van der Waals surface area contributed by atoms with Gasteiger partial charge in [0.05, 0.1) is 33.2 Å². The molecule has 9 nitrogen and oxygen atoms in total. The van der Waals surface area contributed by atoms with Crippen molar-refractivity contribution < 1.29 is 37.2 Å². The summed E-state index contributed by atoms with van der Waals surface area (Å²) in [6, 6.07) is 11.6. The van der Waals surface area contributed by atoms with Gasteiger partial charge in [-0.2, -0.15) is 18.4 Å². The van der Waals surface area contributed by atoms with Crippen LogP contribution in [0.5, 0.6) is 11.5 Å². The summed E-state index contributed by atoms with van der Waals surface area (Å²) < 4.78 is 48.8. The number of nitro benzene ring substituents is 1. The van der Waals surface area contributed by atoms with E-state index in [4.69, 9.17) is 27.9 Å². The predicted molar refractivity (Wildman–Crippen MR) is 135 cm³/mol. The number of hydrogen-bond acceptors (Lipinski definition) is 7. The number of nitriles is 1. The molecular formula is C25H14Cl2F3N3O6. The number of anilines is 1. The van der Waals surface area contributed by atoms with Crippen LogP contribution in [-0.4, -0.2) is 23.9 Å². The Morgan fingerprint density at radius 3 is 2.21 bits per heavy atom. The average Bonchev–Trinajstić information content (AvgIpc) is 2.88. The lowest BCUT2D eigenvalue weighted by molar-refractivity contribution is -0.385. The van der Waals surface area contributed by atoms with Gasteiger partial charge in [-0.3, -0.25) is 14.9 Å². The molecule has 39 heavy (non-hydrogen) atoms. The van der Waals surface area contributed by atoms with Crippen molar-refractivity contribution in [2.45, 2.75) is 6.18 Å². The summed E-state index contributed by atoms with van der Waals surface area (Å²) in [5, 5.41) is 22.8. The van der Waals surface area contributed by atoms with Crippen molar-refractivity contribution in [3.05, 3.63) is 97.0 Å². The molecule has 3 aromatic carbocycles. The minimum Gasteiger partial charge on any atom is -0.465 e. The zero-order valence-electron chi connectivity index (χ0n) is 19.5. The van der Waals surface area contributed by atoms with Gasteiger partial charge in [0.25, 0.3) is 5.91 Å². The number of amides is 1. The van der Waals surface area contributed by atoms with Crippen LogP contribution in [0.15, 0.2) is 60.2 Å². The van der Waals surface area contributed by atoms with E-state index < -0.39 is 40.0 Å². The van der Waals surface area contributed by atoms with E-state index >= 15 is 0 Å². The van der Waals surface area contributed by atoms with E-state index in [9.17, 15) is 38.1 Å². The molecule has 0 aliphatic heterocycles. The van der Waals surface area contributed by atoms with E-state index in [-0.39, 0.29) is 38.2 Å². The first-order chi connectivity index (χ1) is 18.3. The van der Waals surface area contributed by atoms with Gasteiger partial charge in [0.15, 0.2) is 5.75 Å². The molecule has 0 atom stereocenters. The summed E-state index contributed by atoms with van der Waals surface area (Å²) in [5.41, 5.74) is -1.87. The number of halogens is 5. The summed E-state index contributed by atoms with van der Waals surface area (Å²) in [6.07, 6.45) is -3.66. The molecule has 0 aliphatic rings. The molecular weight excluding hydrogens is 566 g/mol. The highest BCUT2D eigenvalue weighted by Gasteiger charge is 2.33. The summed E-state index contributed by atoms with van der Waals surface area (Å²) >= 11 is 12.4. The second-order valence-electron chi connectivity index (χ2n) is 7.55. The number of methoxy groups -OCH3 is 1. The van der Waals surface area contributed by atoms with Crippen LogP contribution < -0.4 is 10.1 Å². The molecule has 0 fully saturated rings. The van der Waals surface area contributed by atoms with E-state index in [0.29, 0.717) is 12.1 Å². The third-order valence-electron chi connectivity index (χ3n) is 4.96. The monoisotopic (exact) mass is 579 g/mol. The molecule has 0 radical (unpaired) electrons. The van der Waals surface area contributed by atoms with Gasteiger partial charge in [-0.25, -0.2) is 4.79 Å². The Kier molecular flexibility index (Phi) is 8.80. The SMILES string of the molecule is COC(=O)c1ccc(NC(=O)/C(C#N)=C/c2cc(Cl)c(Oc3ccc(C(F)(F)F)cc3[N+](=O)[O-])c(Cl)c2)cc1. The highest BCUT2D eigenvalue weighted by molar-refractivity contribution is 6.37. The molecule has 0 unspecified atom stereocenters. The van der Waals surface area contributed by atoms with Crippen LogP contribution in [0.4, 0.5) is 24.5 Å². The Bertz CT molecular complexity index is 1510. The van der Waals surface area contributed by atoms with Gasteiger partial charge < -0.3 is 14.8 Å². The minimum absolute atomic E-state index is 0.173. The number of nitrogens with one attached hydrogen (secondary N) is 1. The van der Waals surface area contributed by atoms with E-state index in [1.807, 2.05) is 0 Å². The Morgan fingerprint density at radius 2 is 1.69 bits per heavy atom. The highest BCUT2D eigenvalue weighted by atomic mass is 35.5. The summed E-state index contributed by atoms with van der Waals surface area (Å²) in [4.78, 5) is 34.4. The van der Waals surface area contributed by atoms with Gasteiger partial charge in [-0.05, 0) is 60.2 Å². The zero-order valence-corrected chi connectivity index (χ0v) is 21.0. The fourth-order valence-corrected chi connectivity index (χ4v) is 3.70. The summed E-state index contributed by atoms with van der Waals surface area (Å²) in [7, 11) is 1.22. The molecule has 3 rings (SSSR count). The van der Waals surface area contributed by atoms with Crippen LogP contribution in [0, 0.1) is 21.4 Å². The van der Waals surface area contributed by atoms with Gasteiger partial charge in [0.2, 0.25) is 5.75 Å². The summed E-state index contributed by atoms with van der Waals surface area (Å²) in [6.45, 7) is 0. The second kappa shape index (κ2) is 11.8. The number of nitro groups is 1. The maximum absolute atomic E-state index is 13.0. The van der Waals surface area contributed by atoms with Crippen LogP contribution in [0.2, 0.25) is 10.0 Å². The number of alkyl halides is 3. The van der Waals surface area contributed by atoms with Crippen molar-refractivity contribution in [2.24, 2.45) is 0 Å². The minimum atomic E-state index is -4.82. The highest BCUT2D eigenvalue weighted by Crippen LogP contribution is 2.42. The number of hydrogen-bond donors (Lipinski definition) is 1. The molecule has 0 saturated heterocycles. The predicted octanol–water partition coefficient (Wildman–Crippen LogP) is 7.04. The van der Waals surface area contributed by atoms with Crippen LogP contribution in [0.25, 0.3) is 6.08 Å². The lowest BCUT2D eigenvalue weighted by atomic mass is 10.1. The van der Waals surface area contributed by atoms with Crippen LogP contribution in [0.1, 0.15) is 21.5 Å². The van der Waals surface area contributed by atoms with Crippen LogP contribution in [0.3, 0.4) is 0 Å². The number of carbonyl (C=O) groups is 2. The van der Waals surface area contributed by atoms with Crippen molar-refractivity contribution in [2.75, 3.05) is 12.4 Å². The summed E-state index contributed by atoms with van der Waals surface area (Å²) in [5.74, 6) is -2.21. The van der Waals surface area contributed by atoms with Crippen molar-refractivity contribution in [1.29, 1.82) is 5.26 Å². The first-order valence-electron chi connectivity index (χ1n) is 10.5. The average molecular weight is 580 g/mol. The lowest BCUT2D eigenvalue weighted by Gasteiger charge is -2.12. The largest absolute Gasteiger partial charge is 0.465 e. The van der Waals surface area contributed by atoms with Crippen molar-refractivity contribution in [3.63, 3.8) is 0 Å². The third-order valence-corrected chi connectivity index (χ3v) is 5.52. The topological polar surface area (TPSA) is 132 Å². The fraction of sp³-hybridized carbons (Fsp3) is 0.0800. The Balaban J connectivity index is 1.86. The van der Waals surface area contributed by atoms with E-state index in [2.05, 4.69) is 10.1 Å². The van der Waals surface area contributed by atoms with Gasteiger partial charge in [-0.15, -0.1) is 0 Å². The number of nitrogens with zero attached hydrogens (tertiary/aromatic N) is 2. The van der Waals surface area contributed by atoms with E-state index in [1.165, 1.54) is 43.5 Å². The van der Waals surface area contributed by atoms with Gasteiger partial charge in [-0.1, -0.05) is 23.2 Å². The Hall–Kier alpha value is -4.60. The molecule has 200 valence electrons. The fourth-order valence-electron chi connectivity index (χ4n) is 3.11. The molecule has 14 heteroatoms. The van der Waals surface area contributed by atoms with Crippen molar-refractivity contribution in [3.8, 4) is 17.6 Å². The van der Waals surface area contributed by atoms with E-state index in [0.717, 1.165) is 12.1 Å². The van der Waals surface area contributed by atoms with Crippen molar-refractivity contribution >= 4 is 52.5 Å². The Labute approximate surface area is 228 Å². The number of carbonyl (C=O) groups excluding carboxylic acids is 2. The molecule has 1 N–H and O–H groups in total. The normalized spacial score (nSPS) is 11.4. The molecule has 0 bridgehead atoms. The van der Waals surface area contributed by atoms with Crippen LogP contribution in [-0.2, 0) is 15.7 Å². The number of esters is 1. The quantitative estimate of drug-likeness (QED) is 0.104. The zero-order chi connectivity index (χ0) is 28.9. The van der Waals surface area contributed by atoms with E-state index in [1.54, 1.807) is 6.07 Å². The number of rotatable bonds is 7. The number of benzene rings is 3. The van der Waals surface area contributed by atoms with Gasteiger partial charge >= 0.3 is 17.8 Å². The second-order valence-corrected chi connectivity index (χ2v) is 8.36. The molecule has 1 amide bonds. The van der Waals surface area contributed by atoms with Gasteiger partial charge in [0.1, 0.15) is 11.6 Å².